The Balaban J connectivity index is 1.71. The number of hydrogen-bond acceptors (Lipinski definition) is 2. The van der Waals surface area contributed by atoms with Crippen molar-refractivity contribution in [2.45, 2.75) is 25.2 Å². The summed E-state index contributed by atoms with van der Waals surface area (Å²) in [6.07, 6.45) is 4.22. The lowest BCUT2D eigenvalue weighted by molar-refractivity contribution is 0.221. The lowest BCUT2D eigenvalue weighted by Crippen LogP contribution is -2.30. The van der Waals surface area contributed by atoms with Crippen LogP contribution in [0.2, 0.25) is 0 Å². The van der Waals surface area contributed by atoms with Gasteiger partial charge in [0.2, 0.25) is 0 Å². The van der Waals surface area contributed by atoms with Crippen LogP contribution in [-0.4, -0.2) is 25.5 Å². The van der Waals surface area contributed by atoms with E-state index in [1.165, 1.54) is 36.1 Å². The lowest BCUT2D eigenvalue weighted by atomic mass is 9.78. The van der Waals surface area contributed by atoms with Gasteiger partial charge >= 0.3 is 0 Å². The van der Waals surface area contributed by atoms with Gasteiger partial charge in [0.15, 0.2) is 0 Å². The molecular weight excluding hydrogens is 281 g/mol. The molecule has 21 heavy (non-hydrogen) atoms. The molecule has 0 saturated heterocycles. The lowest BCUT2D eigenvalue weighted by Gasteiger charge is -2.32. The van der Waals surface area contributed by atoms with Crippen molar-refractivity contribution in [3.8, 4) is 0 Å². The molecular formula is C18H22FNS. The van der Waals surface area contributed by atoms with Gasteiger partial charge in [-0.15, -0.1) is 11.3 Å². The van der Waals surface area contributed by atoms with Crippen molar-refractivity contribution in [2.75, 3.05) is 20.6 Å². The Morgan fingerprint density at radius 1 is 1.19 bits per heavy atom. The molecule has 1 aromatic carbocycles. The number of hydrogen-bond donors (Lipinski definition) is 0. The van der Waals surface area contributed by atoms with Crippen LogP contribution in [0.1, 0.15) is 30.1 Å². The molecule has 4 atom stereocenters. The summed E-state index contributed by atoms with van der Waals surface area (Å²) in [7, 11) is 4.37. The first-order valence-electron chi connectivity index (χ1n) is 7.95. The topological polar surface area (TPSA) is 3.24 Å². The molecule has 1 nitrogen and oxygen atoms in total. The second-order valence-electron chi connectivity index (χ2n) is 7.12. The van der Waals surface area contributed by atoms with Gasteiger partial charge in [-0.1, -0.05) is 6.07 Å². The molecule has 0 unspecified atom stereocenters. The van der Waals surface area contributed by atoms with Crippen LogP contribution in [-0.2, 0) is 0 Å². The second kappa shape index (κ2) is 5.06. The van der Waals surface area contributed by atoms with Crippen molar-refractivity contribution in [1.29, 1.82) is 0 Å². The van der Waals surface area contributed by atoms with Crippen molar-refractivity contribution in [3.05, 3.63) is 35.0 Å². The van der Waals surface area contributed by atoms with E-state index in [1.807, 2.05) is 17.4 Å². The monoisotopic (exact) mass is 303 g/mol. The van der Waals surface area contributed by atoms with E-state index in [-0.39, 0.29) is 5.82 Å². The number of fused-ring (bicyclic) bond motifs is 3. The predicted molar refractivity (Wildman–Crippen MR) is 87.4 cm³/mol. The van der Waals surface area contributed by atoms with E-state index in [4.69, 9.17) is 0 Å². The Morgan fingerprint density at radius 2 is 2.00 bits per heavy atom. The van der Waals surface area contributed by atoms with Crippen molar-refractivity contribution in [1.82, 2.24) is 4.90 Å². The molecule has 0 radical (unpaired) electrons. The minimum absolute atomic E-state index is 0.117. The molecule has 112 valence electrons. The standard InChI is InChI=1S/C18H22FNS/c1-20(2)10-15-11-3-4-13(7-11)18(15)17-8-12-5-6-14(19)9-16(12)21-17/h5-6,8-9,11,13,15,18H,3-4,7,10H2,1-2H3/t11-,13+,15-,18-/m0/s1. The zero-order chi connectivity index (χ0) is 14.6. The quantitative estimate of drug-likeness (QED) is 0.792. The minimum atomic E-state index is -0.117. The molecule has 3 heteroatoms. The van der Waals surface area contributed by atoms with Gasteiger partial charge in [0, 0.05) is 22.0 Å². The van der Waals surface area contributed by atoms with Crippen LogP contribution in [0, 0.1) is 23.6 Å². The first-order chi connectivity index (χ1) is 10.1. The van der Waals surface area contributed by atoms with E-state index >= 15 is 0 Å². The number of halogens is 1. The molecule has 2 bridgehead atoms. The van der Waals surface area contributed by atoms with Crippen LogP contribution in [0.4, 0.5) is 4.39 Å². The third kappa shape index (κ3) is 2.31. The van der Waals surface area contributed by atoms with Gasteiger partial charge in [0.25, 0.3) is 0 Å². The summed E-state index contributed by atoms with van der Waals surface area (Å²) in [6.45, 7) is 1.19. The second-order valence-corrected chi connectivity index (χ2v) is 8.23. The normalized spacial score (nSPS) is 31.6. The maximum atomic E-state index is 13.4. The van der Waals surface area contributed by atoms with Gasteiger partial charge in [-0.05, 0) is 74.7 Å². The Labute approximate surface area is 129 Å². The summed E-state index contributed by atoms with van der Waals surface area (Å²) >= 11 is 1.82. The van der Waals surface area contributed by atoms with Gasteiger partial charge in [-0.2, -0.15) is 0 Å². The van der Waals surface area contributed by atoms with E-state index in [0.717, 1.165) is 22.5 Å². The fraction of sp³-hybridized carbons (Fsp3) is 0.556. The summed E-state index contributed by atoms with van der Waals surface area (Å²) in [5, 5.41) is 1.21. The highest BCUT2D eigenvalue weighted by atomic mass is 32.1. The third-order valence-corrected chi connectivity index (χ3v) is 6.69. The average Bonchev–Trinajstić information content (AvgIpc) is 3.10. The summed E-state index contributed by atoms with van der Waals surface area (Å²) in [5.74, 6) is 3.14. The highest BCUT2D eigenvalue weighted by Gasteiger charge is 2.48. The first kappa shape index (κ1) is 13.7. The van der Waals surface area contributed by atoms with Gasteiger partial charge in [0.1, 0.15) is 5.82 Å². The Bertz CT molecular complexity index is 662. The molecule has 1 heterocycles. The molecule has 0 N–H and O–H groups in total. The molecule has 0 spiro atoms. The van der Waals surface area contributed by atoms with Crippen LogP contribution >= 0.6 is 11.3 Å². The molecule has 2 saturated carbocycles. The fourth-order valence-corrected chi connectivity index (χ4v) is 6.09. The predicted octanol–water partition coefficient (Wildman–Crippen LogP) is 4.73. The fourth-order valence-electron chi connectivity index (χ4n) is 4.73. The smallest absolute Gasteiger partial charge is 0.124 e. The number of thiophene rings is 1. The molecule has 2 aliphatic carbocycles. The molecule has 2 aromatic rings. The van der Waals surface area contributed by atoms with E-state index in [1.54, 1.807) is 12.1 Å². The van der Waals surface area contributed by atoms with Gasteiger partial charge < -0.3 is 4.90 Å². The number of benzene rings is 1. The zero-order valence-electron chi connectivity index (χ0n) is 12.7. The summed E-state index contributed by atoms with van der Waals surface area (Å²) < 4.78 is 14.5. The molecule has 2 aliphatic rings. The summed E-state index contributed by atoms with van der Waals surface area (Å²) in [6, 6.07) is 7.53. The minimum Gasteiger partial charge on any atom is -0.309 e. The van der Waals surface area contributed by atoms with Gasteiger partial charge in [-0.25, -0.2) is 4.39 Å². The van der Waals surface area contributed by atoms with E-state index in [9.17, 15) is 4.39 Å². The molecule has 2 fully saturated rings. The highest BCUT2D eigenvalue weighted by molar-refractivity contribution is 7.19. The Hall–Kier alpha value is -0.930. The Morgan fingerprint density at radius 3 is 2.81 bits per heavy atom. The van der Waals surface area contributed by atoms with E-state index in [2.05, 4.69) is 25.1 Å². The van der Waals surface area contributed by atoms with E-state index in [0.29, 0.717) is 5.92 Å². The van der Waals surface area contributed by atoms with Crippen molar-refractivity contribution in [3.63, 3.8) is 0 Å². The highest BCUT2D eigenvalue weighted by Crippen LogP contribution is 2.58. The van der Waals surface area contributed by atoms with E-state index < -0.39 is 0 Å². The summed E-state index contributed by atoms with van der Waals surface area (Å²) in [5.41, 5.74) is 0. The number of rotatable bonds is 3. The maximum absolute atomic E-state index is 13.4. The molecule has 0 amide bonds. The van der Waals surface area contributed by atoms with Crippen LogP contribution in [0.25, 0.3) is 10.1 Å². The average molecular weight is 303 g/mol. The van der Waals surface area contributed by atoms with Crippen LogP contribution in [0.15, 0.2) is 24.3 Å². The third-order valence-electron chi connectivity index (χ3n) is 5.49. The van der Waals surface area contributed by atoms with Crippen molar-refractivity contribution in [2.24, 2.45) is 17.8 Å². The Kier molecular flexibility index (Phi) is 3.31. The van der Waals surface area contributed by atoms with Crippen molar-refractivity contribution < 1.29 is 4.39 Å². The largest absolute Gasteiger partial charge is 0.309 e. The zero-order valence-corrected chi connectivity index (χ0v) is 13.5. The first-order valence-corrected chi connectivity index (χ1v) is 8.77. The SMILES string of the molecule is CN(C)C[C@H]1[C@H]2CC[C@H](C2)[C@@H]1c1cc2ccc(F)cc2s1. The van der Waals surface area contributed by atoms with Gasteiger partial charge in [-0.3, -0.25) is 0 Å². The van der Waals surface area contributed by atoms with Crippen LogP contribution in [0.3, 0.4) is 0 Å². The molecule has 4 rings (SSSR count). The maximum Gasteiger partial charge on any atom is 0.124 e. The van der Waals surface area contributed by atoms with Crippen LogP contribution in [0.5, 0.6) is 0 Å². The molecule has 0 aliphatic heterocycles. The van der Waals surface area contributed by atoms with Crippen LogP contribution < -0.4 is 0 Å². The molecule has 1 aromatic heterocycles. The van der Waals surface area contributed by atoms with Crippen molar-refractivity contribution >= 4 is 21.4 Å². The number of nitrogens with zero attached hydrogens (tertiary/aromatic N) is 1. The summed E-state index contributed by atoms with van der Waals surface area (Å²) in [4.78, 5) is 3.83. The van der Waals surface area contributed by atoms with Gasteiger partial charge in [0.05, 0.1) is 0 Å².